The van der Waals surface area contributed by atoms with Crippen LogP contribution in [0.25, 0.3) is 22.6 Å². The molecule has 0 bridgehead atoms. The van der Waals surface area contributed by atoms with Crippen LogP contribution in [0.15, 0.2) is 172 Å². The number of hydrogen-bond donors (Lipinski definition) is 8. The molecule has 2 unspecified atom stereocenters. The summed E-state index contributed by atoms with van der Waals surface area (Å²) in [6.45, 7) is 21.3. The number of aryl methyl sites for hydroxylation is 6. The maximum absolute atomic E-state index is 6.47. The van der Waals surface area contributed by atoms with Gasteiger partial charge in [-0.05, 0) is 158 Å². The molecule has 0 spiro atoms. The van der Waals surface area contributed by atoms with Crippen molar-refractivity contribution in [3.63, 3.8) is 0 Å². The third-order valence-electron chi connectivity index (χ3n) is 22.4. The number of pyridine rings is 4. The maximum Gasteiger partial charge on any atom is 0.229 e. The normalized spacial score (nSPS) is 15.6. The van der Waals surface area contributed by atoms with Gasteiger partial charge in [0.1, 0.15) is 43.4 Å². The fraction of sp³-hybridized carbons (Fsp3) is 0.326. The lowest BCUT2D eigenvalue weighted by molar-refractivity contribution is 0.365. The van der Waals surface area contributed by atoms with Crippen molar-refractivity contribution in [1.82, 2.24) is 129 Å². The molecule has 0 aromatic carbocycles. The summed E-state index contributed by atoms with van der Waals surface area (Å²) in [5, 5.41) is 70.8. The van der Waals surface area contributed by atoms with Crippen molar-refractivity contribution in [3.8, 4) is 0 Å². The van der Waals surface area contributed by atoms with Crippen molar-refractivity contribution < 1.29 is 0 Å². The standard InChI is InChI=1S/C24H28ClN9.C21H23ClN10.C21H22ClN9.C20H21ClN10/c1-4-17-14-33(21-6-5-15(2)12-26-21)9-8-20(17)29-23-19(25)13-27-24(30-23)28-18-7-10-34-16(3)31-32-22(34)11-18;1-13-3-4-18(29-27-13)31-8-5-15(6-9-31)24-20-17(22)12-23-21(26-20)25-16-7-10-32-14(2)28-30-19(32)11-16;1-14-2-3-18(24-11-14)30-7-4-15(5-8-30)27-20-17(22)13-25-21(29-20)28-16-10-19-23-6-9-31(19)26-12-16;1-13-2-3-17(29-28-13)30-7-4-14(5-8-30)25-19-16(21)12-23-20(27-19)26-15-10-18-22-6-9-31(18)24-11-15/h5-7,10-13,17,20H,4,8-9,14H2,1-3H3,(H2,27,28,29,30);3-4,7,10-12,15H,5-6,8-9H2,1-2H3,(H2,23,24,25,26);2-3,6,9-13,15H,4-5,7-8H2,1H3,(H2,25,27,28,29);2-3,6,9-12,14H,4-5,7-8H2,1H3,(H2,23,25,26,27). The Morgan fingerprint density at radius 3 is 1.09 bits per heavy atom. The Labute approximate surface area is 756 Å². The first-order valence-electron chi connectivity index (χ1n) is 42.2. The van der Waals surface area contributed by atoms with E-state index in [2.05, 4.69) is 211 Å². The average molecular weight is 1800 g/mol. The molecule has 4 saturated heterocycles. The predicted octanol–water partition coefficient (Wildman–Crippen LogP) is 14.8. The molecule has 2 atom stereocenters. The second kappa shape index (κ2) is 39.7. The Morgan fingerprint density at radius 1 is 0.336 bits per heavy atom. The van der Waals surface area contributed by atoms with E-state index in [-0.39, 0.29) is 24.2 Å². The van der Waals surface area contributed by atoms with Gasteiger partial charge >= 0.3 is 0 Å². The van der Waals surface area contributed by atoms with Gasteiger partial charge in [0, 0.05) is 162 Å². The minimum atomic E-state index is 0.262. The van der Waals surface area contributed by atoms with Gasteiger partial charge in [-0.2, -0.15) is 40.3 Å². The van der Waals surface area contributed by atoms with E-state index in [1.807, 2.05) is 129 Å². The largest absolute Gasteiger partial charge is 0.366 e. The summed E-state index contributed by atoms with van der Waals surface area (Å²) in [5.41, 5.74) is 10.3. The summed E-state index contributed by atoms with van der Waals surface area (Å²) in [6.07, 6.45) is 32.2. The van der Waals surface area contributed by atoms with E-state index in [0.717, 1.165) is 195 Å². The van der Waals surface area contributed by atoms with Gasteiger partial charge in [0.15, 0.2) is 57.5 Å². The molecule has 20 heterocycles. The first-order chi connectivity index (χ1) is 62.3. The van der Waals surface area contributed by atoms with Gasteiger partial charge in [0.05, 0.1) is 59.9 Å². The molecular weight excluding hydrogens is 1710 g/mol. The van der Waals surface area contributed by atoms with E-state index < -0.39 is 0 Å². The molecule has 0 amide bonds. The smallest absolute Gasteiger partial charge is 0.229 e. The molecule has 4 aliphatic heterocycles. The van der Waals surface area contributed by atoms with E-state index in [0.29, 0.717) is 73.1 Å². The number of fused-ring (bicyclic) bond motifs is 4. The Morgan fingerprint density at radius 2 is 0.703 bits per heavy atom. The van der Waals surface area contributed by atoms with Crippen molar-refractivity contribution in [2.75, 3.05) is 114 Å². The lowest BCUT2D eigenvalue weighted by Crippen LogP contribution is -2.46. The number of halogens is 4. The number of rotatable bonds is 21. The van der Waals surface area contributed by atoms with Crippen LogP contribution < -0.4 is 62.1 Å². The first kappa shape index (κ1) is 86.2. The molecule has 4 fully saturated rings. The van der Waals surface area contributed by atoms with Gasteiger partial charge in [0.25, 0.3) is 0 Å². The molecular formula is C86H94Cl4N38. The molecule has 16 aromatic heterocycles. The number of nitrogens with zero attached hydrogens (tertiary/aromatic N) is 30. The lowest BCUT2D eigenvalue weighted by atomic mass is 9.90. The van der Waals surface area contributed by atoms with E-state index >= 15 is 0 Å². The minimum Gasteiger partial charge on any atom is -0.366 e. The Kier molecular flexibility index (Phi) is 26.7. The molecule has 0 saturated carbocycles. The zero-order valence-corrected chi connectivity index (χ0v) is 74.3. The molecule has 20 rings (SSSR count). The number of anilines is 16. The van der Waals surface area contributed by atoms with Crippen LogP contribution in [0.2, 0.25) is 20.1 Å². The van der Waals surface area contributed by atoms with Crippen LogP contribution in [0, 0.1) is 47.5 Å². The van der Waals surface area contributed by atoms with E-state index in [1.165, 1.54) is 11.1 Å². The van der Waals surface area contributed by atoms with Crippen LogP contribution in [0.5, 0.6) is 0 Å². The SMILES string of the molecule is CCC1CN(c2ccc(C)cn2)CCC1Nc1nc(Nc2ccn3c(C)nnc3c2)ncc1Cl.Cc1ccc(N2CCC(Nc3nc(Nc4ccn5c(C)nnc5c4)ncc3Cl)CC2)nn1.Cc1ccc(N2CCC(Nc3nc(Nc4cnn5ccnc5c4)ncc3Cl)CC2)nc1.Cc1ccc(N2CCC(Nc3nc(Nc4cnn5ccnc5c4)ncc3Cl)CC2)nn1. The molecule has 128 heavy (non-hydrogen) atoms. The van der Waals surface area contributed by atoms with Crippen LogP contribution >= 0.6 is 46.4 Å². The molecule has 16 aromatic rings. The summed E-state index contributed by atoms with van der Waals surface area (Å²) in [7, 11) is 0. The van der Waals surface area contributed by atoms with Gasteiger partial charge in [-0.3, -0.25) is 8.80 Å². The lowest BCUT2D eigenvalue weighted by Gasteiger charge is -2.39. The third-order valence-corrected chi connectivity index (χ3v) is 23.5. The van der Waals surface area contributed by atoms with Gasteiger partial charge < -0.3 is 62.1 Å². The van der Waals surface area contributed by atoms with E-state index in [9.17, 15) is 0 Å². The number of nitrogens with one attached hydrogen (secondary N) is 8. The van der Waals surface area contributed by atoms with Crippen LogP contribution in [0.1, 0.15) is 92.5 Å². The second-order valence-corrected chi connectivity index (χ2v) is 33.2. The van der Waals surface area contributed by atoms with Gasteiger partial charge in [-0.1, -0.05) is 65.5 Å². The molecule has 38 nitrogen and oxygen atoms in total. The highest BCUT2D eigenvalue weighted by Gasteiger charge is 2.31. The maximum atomic E-state index is 6.47. The predicted molar refractivity (Wildman–Crippen MR) is 499 cm³/mol. The van der Waals surface area contributed by atoms with Crippen molar-refractivity contribution in [2.45, 2.75) is 124 Å². The molecule has 656 valence electrons. The van der Waals surface area contributed by atoms with Gasteiger partial charge in [-0.15, -0.1) is 30.6 Å². The van der Waals surface area contributed by atoms with Gasteiger partial charge in [0.2, 0.25) is 23.8 Å². The zero-order valence-electron chi connectivity index (χ0n) is 71.3. The monoisotopic (exact) mass is 1800 g/mol. The van der Waals surface area contributed by atoms with Crippen LogP contribution in [0.3, 0.4) is 0 Å². The van der Waals surface area contributed by atoms with Crippen LogP contribution in [-0.4, -0.2) is 205 Å². The summed E-state index contributed by atoms with van der Waals surface area (Å²) in [6, 6.07) is 28.9. The fourth-order valence-corrected chi connectivity index (χ4v) is 15.9. The van der Waals surface area contributed by atoms with Gasteiger partial charge in [-0.25, -0.2) is 48.9 Å². The Balaban J connectivity index is 0.000000120. The number of hydrogen-bond acceptors (Lipinski definition) is 34. The second-order valence-electron chi connectivity index (χ2n) is 31.6. The molecule has 8 N–H and O–H groups in total. The summed E-state index contributed by atoms with van der Waals surface area (Å²) < 4.78 is 7.22. The quantitative estimate of drug-likeness (QED) is 0.0331. The van der Waals surface area contributed by atoms with Crippen molar-refractivity contribution in [1.29, 1.82) is 0 Å². The van der Waals surface area contributed by atoms with Crippen molar-refractivity contribution in [3.05, 3.63) is 226 Å². The fourth-order valence-electron chi connectivity index (χ4n) is 15.3. The highest BCUT2D eigenvalue weighted by molar-refractivity contribution is 6.34. The Hall–Kier alpha value is -14.0. The molecule has 4 aliphatic rings. The van der Waals surface area contributed by atoms with Crippen molar-refractivity contribution >= 4 is 162 Å². The third kappa shape index (κ3) is 21.6. The summed E-state index contributed by atoms with van der Waals surface area (Å²) >= 11 is 25.6. The number of imidazole rings is 2. The average Bonchev–Trinajstić information content (AvgIpc) is 1.36. The van der Waals surface area contributed by atoms with Crippen LogP contribution in [-0.2, 0) is 0 Å². The van der Waals surface area contributed by atoms with E-state index in [4.69, 9.17) is 46.4 Å². The number of piperidine rings is 4. The Bertz CT molecular complexity index is 6250. The van der Waals surface area contributed by atoms with E-state index in [1.54, 1.807) is 71.0 Å². The summed E-state index contributed by atoms with van der Waals surface area (Å²) in [5.74, 6) is 10.3. The first-order valence-corrected chi connectivity index (χ1v) is 43.8. The minimum absolute atomic E-state index is 0.262. The van der Waals surface area contributed by atoms with Crippen molar-refractivity contribution in [2.24, 2.45) is 5.92 Å². The topological polar surface area (TPSA) is 410 Å². The highest BCUT2D eigenvalue weighted by atomic mass is 35.5. The van der Waals surface area contributed by atoms with Crippen LogP contribution in [0.4, 0.5) is 93.1 Å². The zero-order chi connectivity index (χ0) is 88.2. The number of aromatic nitrogens is 26. The molecule has 42 heteroatoms. The molecule has 0 aliphatic carbocycles. The highest BCUT2D eigenvalue weighted by Crippen LogP contribution is 2.34. The summed E-state index contributed by atoms with van der Waals surface area (Å²) in [4.78, 5) is 62.4. The molecule has 0 radical (unpaired) electrons.